The highest BCUT2D eigenvalue weighted by molar-refractivity contribution is 5.85. The van der Waals surface area contributed by atoms with Crippen LogP contribution in [0.3, 0.4) is 0 Å². The van der Waals surface area contributed by atoms with Gasteiger partial charge in [-0.2, -0.15) is 0 Å². The molecule has 0 rings (SSSR count). The highest BCUT2D eigenvalue weighted by Crippen LogP contribution is 2.19. The molecule has 0 spiro atoms. The van der Waals surface area contributed by atoms with Gasteiger partial charge < -0.3 is 21.0 Å². The Morgan fingerprint density at radius 1 is 1.41 bits per heavy atom. The number of oxime groups is 1. The molecule has 0 fully saturated rings. The van der Waals surface area contributed by atoms with E-state index in [0.29, 0.717) is 5.92 Å². The number of nitrogens with two attached hydrogens (primary N) is 1. The van der Waals surface area contributed by atoms with Crippen LogP contribution in [0, 0.1) is 11.3 Å². The highest BCUT2D eigenvalue weighted by atomic mass is 16.5. The molecular formula is C12H27N3O2. The number of ether oxygens (including phenoxy) is 1. The van der Waals surface area contributed by atoms with Crippen LogP contribution in [-0.4, -0.2) is 37.3 Å². The van der Waals surface area contributed by atoms with Gasteiger partial charge in [-0.1, -0.05) is 32.9 Å². The second-order valence-corrected chi connectivity index (χ2v) is 5.34. The van der Waals surface area contributed by atoms with Crippen molar-refractivity contribution >= 4 is 5.84 Å². The third kappa shape index (κ3) is 7.99. The van der Waals surface area contributed by atoms with Crippen LogP contribution in [-0.2, 0) is 4.74 Å². The summed E-state index contributed by atoms with van der Waals surface area (Å²) in [7, 11) is 0. The molecule has 0 aromatic rings. The van der Waals surface area contributed by atoms with Gasteiger partial charge in [-0.05, 0) is 18.9 Å². The van der Waals surface area contributed by atoms with Crippen molar-refractivity contribution in [2.45, 2.75) is 34.1 Å². The van der Waals surface area contributed by atoms with E-state index in [4.69, 9.17) is 15.7 Å². The van der Waals surface area contributed by atoms with Crippen LogP contribution in [0.2, 0.25) is 0 Å². The van der Waals surface area contributed by atoms with Crippen LogP contribution < -0.4 is 11.1 Å². The van der Waals surface area contributed by atoms with Crippen LogP contribution in [0.25, 0.3) is 0 Å². The number of amidine groups is 1. The maximum Gasteiger partial charge on any atom is 0.144 e. The van der Waals surface area contributed by atoms with Crippen molar-refractivity contribution in [2.24, 2.45) is 22.2 Å². The Bertz CT molecular complexity index is 228. The molecule has 5 heteroatoms. The zero-order valence-electron chi connectivity index (χ0n) is 11.5. The minimum Gasteiger partial charge on any atom is -0.409 e. The van der Waals surface area contributed by atoms with Crippen LogP contribution in [0.1, 0.15) is 34.1 Å². The molecule has 0 bridgehead atoms. The number of nitrogens with one attached hydrogen (secondary N) is 1. The van der Waals surface area contributed by atoms with Crippen molar-refractivity contribution in [2.75, 3.05) is 26.3 Å². The van der Waals surface area contributed by atoms with Gasteiger partial charge in [0.2, 0.25) is 0 Å². The molecule has 0 aromatic heterocycles. The van der Waals surface area contributed by atoms with Crippen molar-refractivity contribution < 1.29 is 9.94 Å². The lowest BCUT2D eigenvalue weighted by Gasteiger charge is -2.22. The third-order valence-electron chi connectivity index (χ3n) is 2.60. The standard InChI is InChI=1S/C12H27N3O2/c1-10(2)9-17-8-7-14-6-5-12(3,4)11(13)15-16/h10,14,16H,5-9H2,1-4H3,(H2,13,15). The maximum absolute atomic E-state index is 8.62. The summed E-state index contributed by atoms with van der Waals surface area (Å²) in [4.78, 5) is 0. The average Bonchev–Trinajstić information content (AvgIpc) is 2.26. The molecule has 0 saturated carbocycles. The van der Waals surface area contributed by atoms with Crippen LogP contribution >= 0.6 is 0 Å². The molecule has 17 heavy (non-hydrogen) atoms. The Morgan fingerprint density at radius 3 is 2.59 bits per heavy atom. The van der Waals surface area contributed by atoms with Crippen LogP contribution in [0.15, 0.2) is 5.16 Å². The van der Waals surface area contributed by atoms with Crippen molar-refractivity contribution in [3.05, 3.63) is 0 Å². The van der Waals surface area contributed by atoms with E-state index in [2.05, 4.69) is 24.3 Å². The van der Waals surface area contributed by atoms with Gasteiger partial charge in [-0.15, -0.1) is 0 Å². The van der Waals surface area contributed by atoms with E-state index in [9.17, 15) is 0 Å². The van der Waals surface area contributed by atoms with Gasteiger partial charge in [0.15, 0.2) is 0 Å². The second-order valence-electron chi connectivity index (χ2n) is 5.34. The number of rotatable bonds is 9. The van der Waals surface area contributed by atoms with Crippen molar-refractivity contribution in [3.63, 3.8) is 0 Å². The fourth-order valence-corrected chi connectivity index (χ4v) is 1.25. The Morgan fingerprint density at radius 2 is 2.06 bits per heavy atom. The zero-order chi connectivity index (χ0) is 13.3. The average molecular weight is 245 g/mol. The summed E-state index contributed by atoms with van der Waals surface area (Å²) in [6.45, 7) is 11.4. The molecule has 102 valence electrons. The largest absolute Gasteiger partial charge is 0.409 e. The molecule has 0 aliphatic carbocycles. The van der Waals surface area contributed by atoms with Crippen molar-refractivity contribution in [1.29, 1.82) is 0 Å². The molecule has 0 unspecified atom stereocenters. The summed E-state index contributed by atoms with van der Waals surface area (Å²) in [6.07, 6.45) is 0.826. The second kappa shape index (κ2) is 8.31. The first kappa shape index (κ1) is 16.2. The summed E-state index contributed by atoms with van der Waals surface area (Å²) >= 11 is 0. The molecule has 0 saturated heterocycles. The molecule has 0 heterocycles. The van der Waals surface area contributed by atoms with Gasteiger partial charge in [-0.25, -0.2) is 0 Å². The summed E-state index contributed by atoms with van der Waals surface area (Å²) < 4.78 is 5.44. The number of hydrogen-bond acceptors (Lipinski definition) is 4. The summed E-state index contributed by atoms with van der Waals surface area (Å²) in [5, 5.41) is 14.9. The molecule has 0 aliphatic heterocycles. The summed E-state index contributed by atoms with van der Waals surface area (Å²) in [5.74, 6) is 0.852. The van der Waals surface area contributed by atoms with E-state index in [1.165, 1.54) is 0 Å². The summed E-state index contributed by atoms with van der Waals surface area (Å²) in [6, 6.07) is 0. The lowest BCUT2D eigenvalue weighted by atomic mass is 9.88. The highest BCUT2D eigenvalue weighted by Gasteiger charge is 2.22. The number of nitrogens with zero attached hydrogens (tertiary/aromatic N) is 1. The van der Waals surface area contributed by atoms with E-state index < -0.39 is 0 Å². The quantitative estimate of drug-likeness (QED) is 0.189. The van der Waals surface area contributed by atoms with Gasteiger partial charge in [0.05, 0.1) is 6.61 Å². The fourth-order valence-electron chi connectivity index (χ4n) is 1.25. The molecule has 0 aliphatic rings. The topological polar surface area (TPSA) is 79.9 Å². The van der Waals surface area contributed by atoms with E-state index in [-0.39, 0.29) is 11.3 Å². The van der Waals surface area contributed by atoms with Gasteiger partial charge in [-0.3, -0.25) is 0 Å². The Kier molecular flexibility index (Phi) is 7.91. The molecule has 0 atom stereocenters. The lowest BCUT2D eigenvalue weighted by molar-refractivity contribution is 0.111. The van der Waals surface area contributed by atoms with Crippen LogP contribution in [0.5, 0.6) is 0 Å². The molecular weight excluding hydrogens is 218 g/mol. The molecule has 0 amide bonds. The first-order chi connectivity index (χ1) is 7.90. The van der Waals surface area contributed by atoms with Gasteiger partial charge in [0, 0.05) is 18.6 Å². The van der Waals surface area contributed by atoms with E-state index in [0.717, 1.165) is 32.7 Å². The molecule has 4 N–H and O–H groups in total. The first-order valence-corrected chi connectivity index (χ1v) is 6.16. The van der Waals surface area contributed by atoms with Gasteiger partial charge in [0.1, 0.15) is 5.84 Å². The first-order valence-electron chi connectivity index (χ1n) is 6.16. The molecule has 5 nitrogen and oxygen atoms in total. The van der Waals surface area contributed by atoms with Crippen molar-refractivity contribution in [3.8, 4) is 0 Å². The van der Waals surface area contributed by atoms with E-state index in [1.54, 1.807) is 0 Å². The third-order valence-corrected chi connectivity index (χ3v) is 2.60. The number of hydrogen-bond donors (Lipinski definition) is 3. The van der Waals surface area contributed by atoms with Gasteiger partial charge >= 0.3 is 0 Å². The minimum absolute atomic E-state index is 0.273. The SMILES string of the molecule is CC(C)COCCNCCC(C)(C)C(N)=NO. The predicted octanol–water partition coefficient (Wildman–Crippen LogP) is 1.41. The van der Waals surface area contributed by atoms with E-state index in [1.807, 2.05) is 13.8 Å². The smallest absolute Gasteiger partial charge is 0.144 e. The lowest BCUT2D eigenvalue weighted by Crippen LogP contribution is -2.35. The Labute approximate surface area is 104 Å². The Balaban J connectivity index is 3.52. The minimum atomic E-state index is -0.277. The monoisotopic (exact) mass is 245 g/mol. The van der Waals surface area contributed by atoms with Gasteiger partial charge in [0.25, 0.3) is 0 Å². The van der Waals surface area contributed by atoms with E-state index >= 15 is 0 Å². The maximum atomic E-state index is 8.62. The van der Waals surface area contributed by atoms with Crippen molar-refractivity contribution in [1.82, 2.24) is 5.32 Å². The molecule has 0 aromatic carbocycles. The fraction of sp³-hybridized carbons (Fsp3) is 0.917. The normalized spacial score (nSPS) is 13.4. The predicted molar refractivity (Wildman–Crippen MR) is 70.3 cm³/mol. The van der Waals surface area contributed by atoms with Crippen LogP contribution in [0.4, 0.5) is 0 Å². The zero-order valence-corrected chi connectivity index (χ0v) is 11.5. The Hall–Kier alpha value is -0.810. The molecule has 0 radical (unpaired) electrons. The summed E-state index contributed by atoms with van der Waals surface area (Å²) in [5.41, 5.74) is 5.32.